The molecule has 15 heavy (non-hydrogen) atoms. The molecule has 0 N–H and O–H groups in total. The third-order valence-electron chi connectivity index (χ3n) is 2.95. The molecule has 1 heterocycles. The first-order chi connectivity index (χ1) is 7.25. The highest BCUT2D eigenvalue weighted by Crippen LogP contribution is 2.30. The van der Waals surface area contributed by atoms with Gasteiger partial charge in [-0.1, -0.05) is 6.07 Å². The second-order valence-corrected chi connectivity index (χ2v) is 5.55. The fourth-order valence-electron chi connectivity index (χ4n) is 1.77. The largest absolute Gasteiger partial charge is 0.381 e. The van der Waals surface area contributed by atoms with Gasteiger partial charge in [0.1, 0.15) is 0 Å². The Morgan fingerprint density at radius 1 is 1.13 bits per heavy atom. The van der Waals surface area contributed by atoms with Gasteiger partial charge in [0, 0.05) is 23.4 Å². The van der Waals surface area contributed by atoms with Crippen LogP contribution in [0, 0.1) is 13.8 Å². The summed E-state index contributed by atoms with van der Waals surface area (Å²) in [5.41, 5.74) is 2.78. The summed E-state index contributed by atoms with van der Waals surface area (Å²) < 4.78 is 5.37. The minimum atomic E-state index is 0.751. The van der Waals surface area contributed by atoms with Crippen molar-refractivity contribution in [2.45, 2.75) is 36.8 Å². The van der Waals surface area contributed by atoms with Crippen LogP contribution in [-0.2, 0) is 4.74 Å². The SMILES string of the molecule is Cc1ccc(SC2CCOCC2)cc1C. The molecular weight excluding hydrogens is 204 g/mol. The van der Waals surface area contributed by atoms with E-state index in [1.807, 2.05) is 11.8 Å². The van der Waals surface area contributed by atoms with Crippen molar-refractivity contribution in [3.63, 3.8) is 0 Å². The zero-order chi connectivity index (χ0) is 10.7. The van der Waals surface area contributed by atoms with Gasteiger partial charge in [0.15, 0.2) is 0 Å². The summed E-state index contributed by atoms with van der Waals surface area (Å²) in [5, 5.41) is 0.751. The molecule has 0 saturated carbocycles. The standard InChI is InChI=1S/C13H18OS/c1-10-3-4-13(9-11(10)2)15-12-5-7-14-8-6-12/h3-4,9,12H,5-8H2,1-2H3. The second-order valence-electron chi connectivity index (χ2n) is 4.18. The minimum Gasteiger partial charge on any atom is -0.381 e. The molecule has 0 amide bonds. The van der Waals surface area contributed by atoms with Gasteiger partial charge in [0.2, 0.25) is 0 Å². The smallest absolute Gasteiger partial charge is 0.0476 e. The molecule has 2 heteroatoms. The fourth-order valence-corrected chi connectivity index (χ4v) is 2.98. The summed E-state index contributed by atoms with van der Waals surface area (Å²) in [6.07, 6.45) is 2.38. The predicted octanol–water partition coefficient (Wildman–Crippen LogP) is 3.57. The van der Waals surface area contributed by atoms with Crippen LogP contribution in [0.25, 0.3) is 0 Å². The van der Waals surface area contributed by atoms with E-state index in [9.17, 15) is 0 Å². The maximum absolute atomic E-state index is 5.37. The van der Waals surface area contributed by atoms with Gasteiger partial charge < -0.3 is 4.74 Å². The topological polar surface area (TPSA) is 9.23 Å². The Morgan fingerprint density at radius 3 is 2.53 bits per heavy atom. The molecule has 1 aliphatic rings. The van der Waals surface area contributed by atoms with Crippen LogP contribution in [0.3, 0.4) is 0 Å². The lowest BCUT2D eigenvalue weighted by Gasteiger charge is -2.21. The number of rotatable bonds is 2. The van der Waals surface area contributed by atoms with Crippen LogP contribution in [0.1, 0.15) is 24.0 Å². The van der Waals surface area contributed by atoms with E-state index < -0.39 is 0 Å². The molecule has 0 aliphatic carbocycles. The first-order valence-electron chi connectivity index (χ1n) is 5.57. The van der Waals surface area contributed by atoms with Gasteiger partial charge in [0.05, 0.1) is 0 Å². The first kappa shape index (κ1) is 11.0. The third-order valence-corrected chi connectivity index (χ3v) is 4.28. The number of benzene rings is 1. The van der Waals surface area contributed by atoms with Gasteiger partial charge in [-0.3, -0.25) is 0 Å². The van der Waals surface area contributed by atoms with Crippen molar-refractivity contribution in [2.75, 3.05) is 13.2 Å². The van der Waals surface area contributed by atoms with Crippen LogP contribution in [0.4, 0.5) is 0 Å². The molecule has 0 atom stereocenters. The van der Waals surface area contributed by atoms with Crippen molar-refractivity contribution in [3.05, 3.63) is 29.3 Å². The summed E-state index contributed by atoms with van der Waals surface area (Å²) in [4.78, 5) is 1.41. The molecule has 82 valence electrons. The Balaban J connectivity index is 2.00. The first-order valence-corrected chi connectivity index (χ1v) is 6.45. The lowest BCUT2D eigenvalue weighted by molar-refractivity contribution is 0.100. The van der Waals surface area contributed by atoms with Crippen molar-refractivity contribution in [1.29, 1.82) is 0 Å². The molecule has 1 nitrogen and oxygen atoms in total. The van der Waals surface area contributed by atoms with Crippen LogP contribution in [0.15, 0.2) is 23.1 Å². The van der Waals surface area contributed by atoms with Gasteiger partial charge in [-0.2, -0.15) is 0 Å². The maximum Gasteiger partial charge on any atom is 0.0476 e. The molecule has 0 spiro atoms. The summed E-state index contributed by atoms with van der Waals surface area (Å²) >= 11 is 2.01. The number of hydrogen-bond acceptors (Lipinski definition) is 2. The van der Waals surface area contributed by atoms with E-state index in [1.165, 1.54) is 28.9 Å². The van der Waals surface area contributed by atoms with Gasteiger partial charge in [-0.05, 0) is 49.9 Å². The van der Waals surface area contributed by atoms with Crippen molar-refractivity contribution in [2.24, 2.45) is 0 Å². The molecule has 1 aromatic rings. The van der Waals surface area contributed by atoms with Gasteiger partial charge in [-0.15, -0.1) is 11.8 Å². The summed E-state index contributed by atoms with van der Waals surface area (Å²) in [6, 6.07) is 6.76. The molecule has 0 bridgehead atoms. The molecular formula is C13H18OS. The predicted molar refractivity (Wildman–Crippen MR) is 65.6 cm³/mol. The summed E-state index contributed by atoms with van der Waals surface area (Å²) in [5.74, 6) is 0. The van der Waals surface area contributed by atoms with Crippen LogP contribution in [0.5, 0.6) is 0 Å². The minimum absolute atomic E-state index is 0.751. The van der Waals surface area contributed by atoms with Crippen molar-refractivity contribution in [1.82, 2.24) is 0 Å². The van der Waals surface area contributed by atoms with Crippen molar-refractivity contribution >= 4 is 11.8 Å². The summed E-state index contributed by atoms with van der Waals surface area (Å²) in [7, 11) is 0. The Labute approximate surface area is 96.2 Å². The van der Waals surface area contributed by atoms with Crippen LogP contribution in [-0.4, -0.2) is 18.5 Å². The number of ether oxygens (including phenoxy) is 1. The molecule has 2 rings (SSSR count). The number of hydrogen-bond donors (Lipinski definition) is 0. The van der Waals surface area contributed by atoms with Crippen LogP contribution >= 0.6 is 11.8 Å². The highest BCUT2D eigenvalue weighted by atomic mass is 32.2. The van der Waals surface area contributed by atoms with E-state index in [1.54, 1.807) is 0 Å². The van der Waals surface area contributed by atoms with E-state index in [0.29, 0.717) is 0 Å². The van der Waals surface area contributed by atoms with E-state index in [4.69, 9.17) is 4.74 Å². The Hall–Kier alpha value is -0.470. The van der Waals surface area contributed by atoms with E-state index in [2.05, 4.69) is 32.0 Å². The van der Waals surface area contributed by atoms with Gasteiger partial charge in [-0.25, -0.2) is 0 Å². The van der Waals surface area contributed by atoms with Crippen LogP contribution < -0.4 is 0 Å². The number of thioether (sulfide) groups is 1. The normalized spacial score (nSPS) is 18.0. The molecule has 1 aromatic carbocycles. The number of aryl methyl sites for hydroxylation is 2. The maximum atomic E-state index is 5.37. The highest BCUT2D eigenvalue weighted by Gasteiger charge is 2.14. The molecule has 0 aromatic heterocycles. The summed E-state index contributed by atoms with van der Waals surface area (Å²) in [6.45, 7) is 6.21. The van der Waals surface area contributed by atoms with Gasteiger partial charge in [0.25, 0.3) is 0 Å². The second kappa shape index (κ2) is 5.04. The van der Waals surface area contributed by atoms with Crippen molar-refractivity contribution < 1.29 is 4.74 Å². The Bertz CT molecular complexity index is 329. The lowest BCUT2D eigenvalue weighted by Crippen LogP contribution is -2.17. The van der Waals surface area contributed by atoms with E-state index in [-0.39, 0.29) is 0 Å². The zero-order valence-electron chi connectivity index (χ0n) is 9.45. The van der Waals surface area contributed by atoms with E-state index >= 15 is 0 Å². The van der Waals surface area contributed by atoms with Crippen molar-refractivity contribution in [3.8, 4) is 0 Å². The highest BCUT2D eigenvalue weighted by molar-refractivity contribution is 8.00. The zero-order valence-corrected chi connectivity index (χ0v) is 10.3. The Morgan fingerprint density at radius 2 is 1.87 bits per heavy atom. The average molecular weight is 222 g/mol. The van der Waals surface area contributed by atoms with E-state index in [0.717, 1.165) is 18.5 Å². The monoisotopic (exact) mass is 222 g/mol. The lowest BCUT2D eigenvalue weighted by atomic mass is 10.1. The fraction of sp³-hybridized carbons (Fsp3) is 0.538. The third kappa shape index (κ3) is 2.99. The molecule has 0 unspecified atom stereocenters. The van der Waals surface area contributed by atoms with Gasteiger partial charge >= 0.3 is 0 Å². The van der Waals surface area contributed by atoms with Crippen LogP contribution in [0.2, 0.25) is 0 Å². The average Bonchev–Trinajstić information content (AvgIpc) is 2.25. The molecule has 1 saturated heterocycles. The molecule has 0 radical (unpaired) electrons. The quantitative estimate of drug-likeness (QED) is 0.756. The Kier molecular flexibility index (Phi) is 3.71. The molecule has 1 aliphatic heterocycles. The molecule has 1 fully saturated rings.